The van der Waals surface area contributed by atoms with Crippen LogP contribution < -0.4 is 29.6 Å². The molecule has 8 heteroatoms. The van der Waals surface area contributed by atoms with Gasteiger partial charge in [0, 0.05) is 0 Å². The molecule has 0 rings (SSSR count). The van der Waals surface area contributed by atoms with Crippen LogP contribution in [0.4, 0.5) is 0 Å². The Hall–Kier alpha value is 0.720. The van der Waals surface area contributed by atoms with Crippen molar-refractivity contribution in [1.29, 1.82) is 0 Å². The molecule has 0 aromatic rings. The molecular weight excluding hydrogens is 135 g/mol. The minimum absolute atomic E-state index is 0. The van der Waals surface area contributed by atoms with E-state index < -0.39 is 0 Å². The van der Waals surface area contributed by atoms with Gasteiger partial charge in [-0.3, -0.25) is 0 Å². The fourth-order valence-corrected chi connectivity index (χ4v) is 0. The van der Waals surface area contributed by atoms with E-state index in [1.54, 1.807) is 0 Å². The van der Waals surface area contributed by atoms with E-state index in [4.69, 9.17) is 0 Å². The molecule has 0 saturated heterocycles. The van der Waals surface area contributed by atoms with Crippen LogP contribution in [-0.4, -0.2) is 38.3 Å². The van der Waals surface area contributed by atoms with Crippen LogP contribution in [0.5, 0.6) is 0 Å². The Labute approximate surface area is 69.6 Å². The molecule has 0 heterocycles. The zero-order chi connectivity index (χ0) is 0. The molecule has 0 atom stereocenters. The summed E-state index contributed by atoms with van der Waals surface area (Å²) in [6, 6.07) is 0. The second-order valence-electron chi connectivity index (χ2n) is 0. The molecule has 0 radical (unpaired) electrons. The summed E-state index contributed by atoms with van der Waals surface area (Å²) in [5.41, 5.74) is 0. The van der Waals surface area contributed by atoms with E-state index in [2.05, 4.69) is 0 Å². The Morgan fingerprint density at radius 1 is 0.375 bits per heavy atom. The average molecular weight is 150 g/mol. The predicted molar refractivity (Wildman–Crippen MR) is 26.4 cm³/mol. The molecule has 0 aromatic heterocycles. The van der Waals surface area contributed by atoms with Gasteiger partial charge in [0.05, 0.1) is 0 Å². The smallest absolute Gasteiger partial charge is 1.00 e. The van der Waals surface area contributed by atoms with Gasteiger partial charge in [0.2, 0.25) is 0 Å². The van der Waals surface area contributed by atoms with Gasteiger partial charge in [-0.2, -0.15) is 0 Å². The van der Waals surface area contributed by atoms with Crippen molar-refractivity contribution in [2.45, 2.75) is 0 Å². The first-order valence-electron chi connectivity index (χ1n) is 0. The second kappa shape index (κ2) is 672. The molecule has 0 amide bonds. The van der Waals surface area contributed by atoms with Gasteiger partial charge < -0.3 is 39.8 Å². The van der Waals surface area contributed by atoms with Gasteiger partial charge in [0.15, 0.2) is 0 Å². The summed E-state index contributed by atoms with van der Waals surface area (Å²) in [4.78, 5) is 0. The van der Waals surface area contributed by atoms with Crippen molar-refractivity contribution in [1.82, 2.24) is 0 Å². The monoisotopic (exact) mass is 150 g/mol. The van der Waals surface area contributed by atoms with Crippen molar-refractivity contribution >= 4 is 0 Å². The topological polar surface area (TPSA) is 220 Å². The Morgan fingerprint density at radius 2 is 0.375 bits per heavy atom. The van der Waals surface area contributed by atoms with Crippen molar-refractivity contribution in [2.24, 2.45) is 0 Å². The Bertz CT molecular complexity index is 8.88. The van der Waals surface area contributed by atoms with Gasteiger partial charge in [0.1, 0.15) is 0 Å². The van der Waals surface area contributed by atoms with E-state index >= 15 is 0 Å². The van der Waals surface area contributed by atoms with Crippen LogP contribution in [0.1, 0.15) is 1.43 Å². The van der Waals surface area contributed by atoms with Crippen LogP contribution in [0.2, 0.25) is 0 Å². The van der Waals surface area contributed by atoms with Crippen molar-refractivity contribution < 1.29 is 69.3 Å². The SMILES string of the molecule is O.O.O.O.O.O.O.[H-].[Na+]. The molecule has 0 aliphatic heterocycles. The Kier molecular flexibility index (Phi) is 84300. The van der Waals surface area contributed by atoms with E-state index in [-0.39, 0.29) is 69.3 Å². The van der Waals surface area contributed by atoms with Crippen LogP contribution in [0.3, 0.4) is 0 Å². The molecule has 0 unspecified atom stereocenters. The third kappa shape index (κ3) is 424. The van der Waals surface area contributed by atoms with E-state index in [0.29, 0.717) is 0 Å². The fraction of sp³-hybridized carbons (Fsp3) is 0. The minimum Gasteiger partial charge on any atom is -1.00 e. The van der Waals surface area contributed by atoms with Crippen LogP contribution in [0, 0.1) is 0 Å². The summed E-state index contributed by atoms with van der Waals surface area (Å²) in [5, 5.41) is 0. The van der Waals surface area contributed by atoms with Crippen LogP contribution >= 0.6 is 0 Å². The van der Waals surface area contributed by atoms with Gasteiger partial charge >= 0.3 is 29.6 Å². The molecule has 0 spiro atoms. The zero-order valence-corrected chi connectivity index (χ0v) is 6.50. The molecule has 0 fully saturated rings. The van der Waals surface area contributed by atoms with Gasteiger partial charge in [-0.05, 0) is 0 Å². The van der Waals surface area contributed by atoms with Gasteiger partial charge in [0.25, 0.3) is 0 Å². The molecule has 7 nitrogen and oxygen atoms in total. The van der Waals surface area contributed by atoms with Gasteiger partial charge in [-0.25, -0.2) is 0 Å². The van der Waals surface area contributed by atoms with E-state index in [1.165, 1.54) is 0 Å². The zero-order valence-electron chi connectivity index (χ0n) is 5.50. The van der Waals surface area contributed by atoms with Crippen molar-refractivity contribution in [2.75, 3.05) is 0 Å². The summed E-state index contributed by atoms with van der Waals surface area (Å²) in [6.07, 6.45) is 0. The Balaban J connectivity index is 0. The molecular formula is H15NaO7. The van der Waals surface area contributed by atoms with Gasteiger partial charge in [-0.1, -0.05) is 0 Å². The van der Waals surface area contributed by atoms with E-state index in [9.17, 15) is 0 Å². The fourth-order valence-electron chi connectivity index (χ4n) is 0. The van der Waals surface area contributed by atoms with Crippen molar-refractivity contribution in [3.8, 4) is 0 Å². The quantitative estimate of drug-likeness (QED) is 0.293. The normalized spacial score (nSPS) is 0. The third-order valence-corrected chi connectivity index (χ3v) is 0. The second-order valence-corrected chi connectivity index (χ2v) is 0. The molecule has 0 saturated carbocycles. The number of hydrogen-bond donors (Lipinski definition) is 0. The summed E-state index contributed by atoms with van der Waals surface area (Å²) in [5.74, 6) is 0. The molecule has 14 N–H and O–H groups in total. The minimum atomic E-state index is 0. The largest absolute Gasteiger partial charge is 1.00 e. The van der Waals surface area contributed by atoms with Crippen molar-refractivity contribution in [3.05, 3.63) is 0 Å². The third-order valence-electron chi connectivity index (χ3n) is 0. The van der Waals surface area contributed by atoms with Gasteiger partial charge in [-0.15, -0.1) is 0 Å². The standard InChI is InChI=1S/Na.7H2O.H/h;7*1H2;/q+1;;;;;;;;-1. The first-order chi connectivity index (χ1) is 0. The first-order valence-corrected chi connectivity index (χ1v) is 0. The summed E-state index contributed by atoms with van der Waals surface area (Å²) in [7, 11) is 0. The Morgan fingerprint density at radius 3 is 0.375 bits per heavy atom. The summed E-state index contributed by atoms with van der Waals surface area (Å²) in [6.45, 7) is 0. The van der Waals surface area contributed by atoms with Crippen LogP contribution in [-0.2, 0) is 0 Å². The molecule has 0 aliphatic carbocycles. The van der Waals surface area contributed by atoms with Crippen LogP contribution in [0.15, 0.2) is 0 Å². The van der Waals surface area contributed by atoms with E-state index in [1.807, 2.05) is 0 Å². The molecule has 58 valence electrons. The predicted octanol–water partition coefficient (Wildman–Crippen LogP) is -8.66. The maximum atomic E-state index is 0. The summed E-state index contributed by atoms with van der Waals surface area (Å²) < 4.78 is 0. The van der Waals surface area contributed by atoms with Crippen molar-refractivity contribution in [3.63, 3.8) is 0 Å². The molecule has 8 heavy (non-hydrogen) atoms. The van der Waals surface area contributed by atoms with E-state index in [0.717, 1.165) is 0 Å². The number of hydrogen-bond acceptors (Lipinski definition) is 0. The summed E-state index contributed by atoms with van der Waals surface area (Å²) >= 11 is 0. The molecule has 0 bridgehead atoms. The molecule has 0 aliphatic rings. The maximum absolute atomic E-state index is 0. The molecule has 0 aromatic carbocycles. The first kappa shape index (κ1) is 1000. The maximum Gasteiger partial charge on any atom is 1.00 e. The average Bonchev–Trinajstić information content (AvgIpc) is 0. The number of rotatable bonds is 0. The van der Waals surface area contributed by atoms with Crippen LogP contribution in [0.25, 0.3) is 0 Å².